The second kappa shape index (κ2) is 9.41. The average molecular weight is 417 g/mol. The Morgan fingerprint density at radius 3 is 2.59 bits per heavy atom. The Balaban J connectivity index is 1.67. The fourth-order valence-corrected chi connectivity index (χ4v) is 3.86. The minimum absolute atomic E-state index is 0.0438. The number of nitrogens with zero attached hydrogens (tertiary/aromatic N) is 1. The first-order valence-corrected chi connectivity index (χ1v) is 10.7. The summed E-state index contributed by atoms with van der Waals surface area (Å²) < 4.78 is 11.0. The molecule has 0 bridgehead atoms. The SMILES string of the molecule is CC(C)(C)OC(=O)Nc1ccc(C(=O)N(Cc2cccs2)CC2CCCO2)cc1. The second-order valence-electron chi connectivity index (χ2n) is 8.10. The zero-order valence-electron chi connectivity index (χ0n) is 17.1. The van der Waals surface area contributed by atoms with Crippen molar-refractivity contribution in [3.8, 4) is 0 Å². The molecule has 1 aliphatic rings. The highest BCUT2D eigenvalue weighted by Crippen LogP contribution is 2.20. The van der Waals surface area contributed by atoms with Gasteiger partial charge in [0.2, 0.25) is 0 Å². The zero-order valence-corrected chi connectivity index (χ0v) is 18.0. The minimum atomic E-state index is -0.565. The van der Waals surface area contributed by atoms with Crippen LogP contribution in [-0.4, -0.2) is 41.8 Å². The molecule has 2 amide bonds. The number of carbonyl (C=O) groups is 2. The summed E-state index contributed by atoms with van der Waals surface area (Å²) in [6.07, 6.45) is 1.59. The Hall–Kier alpha value is -2.38. The van der Waals surface area contributed by atoms with Crippen LogP contribution in [0.3, 0.4) is 0 Å². The molecular weight excluding hydrogens is 388 g/mol. The minimum Gasteiger partial charge on any atom is -0.444 e. The number of hydrogen-bond donors (Lipinski definition) is 1. The molecule has 1 aliphatic heterocycles. The summed E-state index contributed by atoms with van der Waals surface area (Å²) in [5.41, 5.74) is 0.596. The number of benzene rings is 1. The maximum Gasteiger partial charge on any atom is 0.412 e. The first-order valence-electron chi connectivity index (χ1n) is 9.83. The van der Waals surface area contributed by atoms with Crippen molar-refractivity contribution in [1.29, 1.82) is 0 Å². The van der Waals surface area contributed by atoms with Crippen LogP contribution in [0.4, 0.5) is 10.5 Å². The molecule has 0 spiro atoms. The molecule has 1 atom stereocenters. The molecule has 29 heavy (non-hydrogen) atoms. The lowest BCUT2D eigenvalue weighted by atomic mass is 10.1. The predicted octanol–water partition coefficient (Wildman–Crippen LogP) is 4.92. The number of carbonyl (C=O) groups excluding carboxylic acids is 2. The Morgan fingerprint density at radius 1 is 1.24 bits per heavy atom. The number of amides is 2. The van der Waals surface area contributed by atoms with E-state index in [0.717, 1.165) is 24.3 Å². The lowest BCUT2D eigenvalue weighted by Gasteiger charge is -2.25. The molecule has 6 nitrogen and oxygen atoms in total. The van der Waals surface area contributed by atoms with E-state index in [1.807, 2.05) is 43.2 Å². The largest absolute Gasteiger partial charge is 0.444 e. The summed E-state index contributed by atoms with van der Waals surface area (Å²) in [7, 11) is 0. The van der Waals surface area contributed by atoms with E-state index in [9.17, 15) is 9.59 Å². The van der Waals surface area contributed by atoms with Gasteiger partial charge in [0.05, 0.1) is 12.6 Å². The van der Waals surface area contributed by atoms with Crippen LogP contribution in [0.15, 0.2) is 41.8 Å². The van der Waals surface area contributed by atoms with Gasteiger partial charge in [-0.2, -0.15) is 0 Å². The van der Waals surface area contributed by atoms with E-state index in [2.05, 4.69) is 5.32 Å². The molecule has 1 saturated heterocycles. The number of rotatable bonds is 6. The van der Waals surface area contributed by atoms with E-state index in [-0.39, 0.29) is 12.0 Å². The third kappa shape index (κ3) is 6.58. The summed E-state index contributed by atoms with van der Waals surface area (Å²) in [6.45, 7) is 7.33. The molecule has 0 saturated carbocycles. The van der Waals surface area contributed by atoms with Crippen molar-refractivity contribution in [3.05, 3.63) is 52.2 Å². The molecule has 2 heterocycles. The van der Waals surface area contributed by atoms with Gasteiger partial charge in [0.1, 0.15) is 5.60 Å². The lowest BCUT2D eigenvalue weighted by molar-refractivity contribution is 0.0509. The molecule has 1 aromatic heterocycles. The van der Waals surface area contributed by atoms with Crippen molar-refractivity contribution >= 4 is 29.0 Å². The fourth-order valence-electron chi connectivity index (χ4n) is 3.14. The van der Waals surface area contributed by atoms with Crippen LogP contribution in [0.5, 0.6) is 0 Å². The summed E-state index contributed by atoms with van der Waals surface area (Å²) in [6, 6.07) is 10.9. The fraction of sp³-hybridized carbons (Fsp3) is 0.455. The molecule has 0 radical (unpaired) electrons. The monoisotopic (exact) mass is 416 g/mol. The van der Waals surface area contributed by atoms with Crippen LogP contribution < -0.4 is 5.32 Å². The molecule has 1 fully saturated rings. The normalized spacial score (nSPS) is 16.4. The lowest BCUT2D eigenvalue weighted by Crippen LogP contribution is -2.36. The Morgan fingerprint density at radius 2 is 2.00 bits per heavy atom. The van der Waals surface area contributed by atoms with Crippen LogP contribution in [0.2, 0.25) is 0 Å². The van der Waals surface area contributed by atoms with Crippen LogP contribution >= 0.6 is 11.3 Å². The van der Waals surface area contributed by atoms with Gasteiger partial charge < -0.3 is 14.4 Å². The van der Waals surface area contributed by atoms with E-state index in [4.69, 9.17) is 9.47 Å². The van der Waals surface area contributed by atoms with Gasteiger partial charge in [-0.1, -0.05) is 6.07 Å². The molecule has 1 unspecified atom stereocenters. The molecule has 0 aliphatic carbocycles. The van der Waals surface area contributed by atoms with Gasteiger partial charge in [0.15, 0.2) is 0 Å². The highest BCUT2D eigenvalue weighted by Gasteiger charge is 2.24. The summed E-state index contributed by atoms with van der Waals surface area (Å²) in [5.74, 6) is -0.0438. The second-order valence-corrected chi connectivity index (χ2v) is 9.14. The first-order chi connectivity index (χ1) is 13.8. The smallest absolute Gasteiger partial charge is 0.412 e. The quantitative estimate of drug-likeness (QED) is 0.726. The molecule has 2 aromatic rings. The molecular formula is C22H28N2O4S. The molecule has 7 heteroatoms. The maximum atomic E-state index is 13.1. The standard InChI is InChI=1S/C22H28N2O4S/c1-22(2,3)28-21(26)23-17-10-8-16(9-11-17)20(25)24(14-18-6-4-12-27-18)15-19-7-5-13-29-19/h5,7-11,13,18H,4,6,12,14-15H2,1-3H3,(H,23,26). The van der Waals surface area contributed by atoms with Crippen molar-refractivity contribution in [2.24, 2.45) is 0 Å². The highest BCUT2D eigenvalue weighted by molar-refractivity contribution is 7.09. The van der Waals surface area contributed by atoms with E-state index < -0.39 is 11.7 Å². The Kier molecular flexibility index (Phi) is 6.92. The zero-order chi connectivity index (χ0) is 20.9. The number of ether oxygens (including phenoxy) is 2. The van der Waals surface area contributed by atoms with Crippen LogP contribution in [0.1, 0.15) is 48.8 Å². The number of thiophene rings is 1. The molecule has 156 valence electrons. The molecule has 1 N–H and O–H groups in total. The summed E-state index contributed by atoms with van der Waals surface area (Å²) in [4.78, 5) is 28.0. The van der Waals surface area contributed by atoms with Crippen molar-refractivity contribution in [2.75, 3.05) is 18.5 Å². The number of anilines is 1. The van der Waals surface area contributed by atoms with Crippen molar-refractivity contribution in [3.63, 3.8) is 0 Å². The van der Waals surface area contributed by atoms with Gasteiger partial charge in [-0.05, 0) is 69.3 Å². The van der Waals surface area contributed by atoms with Gasteiger partial charge in [0.25, 0.3) is 5.91 Å². The molecule has 3 rings (SSSR count). The highest BCUT2D eigenvalue weighted by atomic mass is 32.1. The van der Waals surface area contributed by atoms with Crippen molar-refractivity contribution in [2.45, 2.75) is 51.9 Å². The van der Waals surface area contributed by atoms with E-state index in [1.165, 1.54) is 0 Å². The average Bonchev–Trinajstić information content (AvgIpc) is 3.33. The van der Waals surface area contributed by atoms with E-state index in [0.29, 0.717) is 24.3 Å². The maximum absolute atomic E-state index is 13.1. The van der Waals surface area contributed by atoms with Crippen LogP contribution in [0.25, 0.3) is 0 Å². The molecule has 1 aromatic carbocycles. The van der Waals surface area contributed by atoms with Crippen LogP contribution in [-0.2, 0) is 16.0 Å². The summed E-state index contributed by atoms with van der Waals surface area (Å²) >= 11 is 1.64. The van der Waals surface area contributed by atoms with Gasteiger partial charge in [-0.25, -0.2) is 4.79 Å². The van der Waals surface area contributed by atoms with E-state index >= 15 is 0 Å². The number of nitrogens with one attached hydrogen (secondary N) is 1. The van der Waals surface area contributed by atoms with Crippen molar-refractivity contribution in [1.82, 2.24) is 4.90 Å². The van der Waals surface area contributed by atoms with Crippen LogP contribution in [0, 0.1) is 0 Å². The first kappa shape index (κ1) is 21.3. The van der Waals surface area contributed by atoms with Gasteiger partial charge in [0, 0.05) is 29.3 Å². The third-order valence-corrected chi connectivity index (χ3v) is 5.30. The topological polar surface area (TPSA) is 67.9 Å². The van der Waals surface area contributed by atoms with Gasteiger partial charge in [-0.15, -0.1) is 11.3 Å². The number of hydrogen-bond acceptors (Lipinski definition) is 5. The third-order valence-electron chi connectivity index (χ3n) is 4.44. The van der Waals surface area contributed by atoms with Gasteiger partial charge >= 0.3 is 6.09 Å². The van der Waals surface area contributed by atoms with Gasteiger partial charge in [-0.3, -0.25) is 10.1 Å². The van der Waals surface area contributed by atoms with E-state index in [1.54, 1.807) is 35.6 Å². The summed E-state index contributed by atoms with van der Waals surface area (Å²) in [5, 5.41) is 4.70. The Labute approximate surface area is 175 Å². The Bertz CT molecular complexity index is 806. The van der Waals surface area contributed by atoms with Crippen molar-refractivity contribution < 1.29 is 19.1 Å². The predicted molar refractivity (Wildman–Crippen MR) is 114 cm³/mol.